The monoisotopic (exact) mass is 343 g/mol. The molecule has 1 atom stereocenters. The maximum Gasteiger partial charge on any atom is 0.0986 e. The van der Waals surface area contributed by atoms with Gasteiger partial charge >= 0.3 is 0 Å². The zero-order chi connectivity index (χ0) is 17.6. The van der Waals surface area contributed by atoms with Crippen molar-refractivity contribution in [2.75, 3.05) is 86.8 Å². The summed E-state index contributed by atoms with van der Waals surface area (Å²) in [5.74, 6) is 0. The van der Waals surface area contributed by atoms with E-state index in [4.69, 9.17) is 4.74 Å². The first-order valence-electron chi connectivity index (χ1n) is 9.65. The van der Waals surface area contributed by atoms with Crippen LogP contribution >= 0.6 is 0 Å². The second kappa shape index (κ2) is 14.0. The van der Waals surface area contributed by atoms with Crippen molar-refractivity contribution < 1.29 is 4.74 Å². The number of nitrogens with zero attached hydrogens (tertiary/aromatic N) is 3. The molecular weight excluding hydrogens is 302 g/mol. The molecule has 1 unspecified atom stereocenters. The van der Waals surface area contributed by atoms with Crippen LogP contribution in [0.15, 0.2) is 0 Å². The summed E-state index contributed by atoms with van der Waals surface area (Å²) in [5, 5.41) is 7.16. The Bertz CT molecular complexity index is 293. The van der Waals surface area contributed by atoms with E-state index >= 15 is 0 Å². The zero-order valence-corrected chi connectivity index (χ0v) is 16.5. The van der Waals surface area contributed by atoms with Gasteiger partial charge in [-0.15, -0.1) is 0 Å². The van der Waals surface area contributed by atoms with Crippen LogP contribution in [-0.2, 0) is 4.74 Å². The molecule has 1 saturated heterocycles. The van der Waals surface area contributed by atoms with Crippen LogP contribution in [0, 0.1) is 0 Å². The molecule has 0 amide bonds. The van der Waals surface area contributed by atoms with Gasteiger partial charge in [0.25, 0.3) is 0 Å². The van der Waals surface area contributed by atoms with Gasteiger partial charge in [-0.2, -0.15) is 0 Å². The predicted octanol–water partition coefficient (Wildman–Crippen LogP) is 0.508. The molecule has 0 aromatic rings. The lowest BCUT2D eigenvalue weighted by molar-refractivity contribution is 0.0619. The quantitative estimate of drug-likeness (QED) is 0.762. The smallest absolute Gasteiger partial charge is 0.0986 e. The topological polar surface area (TPSA) is 43.0 Å². The first-order valence-corrected chi connectivity index (χ1v) is 9.65. The number of ether oxygens (including phenoxy) is 1. The van der Waals surface area contributed by atoms with Crippen LogP contribution in [0.4, 0.5) is 0 Å². The van der Waals surface area contributed by atoms with Crippen molar-refractivity contribution >= 4 is 0 Å². The second-order valence-corrected chi connectivity index (χ2v) is 7.18. The van der Waals surface area contributed by atoms with Crippen LogP contribution in [0.1, 0.15) is 26.2 Å². The van der Waals surface area contributed by atoms with Crippen molar-refractivity contribution in [3.05, 3.63) is 0 Å². The minimum Gasteiger partial charge on any atom is -0.369 e. The van der Waals surface area contributed by atoms with Gasteiger partial charge in [0.15, 0.2) is 0 Å². The Balaban J connectivity index is 2.40. The number of likely N-dealkylation sites (N-methyl/N-ethyl adjacent to an activating group) is 2. The van der Waals surface area contributed by atoms with E-state index in [2.05, 4.69) is 46.4 Å². The fraction of sp³-hybridized carbons (Fsp3) is 1.00. The second-order valence-electron chi connectivity index (χ2n) is 7.18. The zero-order valence-electron chi connectivity index (χ0n) is 16.5. The van der Waals surface area contributed by atoms with Crippen molar-refractivity contribution in [1.82, 2.24) is 25.3 Å². The maximum atomic E-state index is 5.34. The number of methoxy groups -OCH3 is 1. The first-order chi connectivity index (χ1) is 11.6. The molecule has 0 aromatic carbocycles. The van der Waals surface area contributed by atoms with Crippen LogP contribution < -0.4 is 10.6 Å². The Morgan fingerprint density at radius 1 is 0.875 bits per heavy atom. The average molecular weight is 344 g/mol. The van der Waals surface area contributed by atoms with Crippen LogP contribution in [0.5, 0.6) is 0 Å². The molecule has 1 aliphatic rings. The minimum atomic E-state index is 0.598. The highest BCUT2D eigenvalue weighted by atomic mass is 16.5. The standard InChI is InChI=1S/C18H41N5O/c1-18-16-20-8-7-11-21(2)14-9-19-10-15-23(17-24-4)13-6-5-12-22(18)3/h18-20H,5-17H2,1-4H3. The van der Waals surface area contributed by atoms with E-state index in [1.54, 1.807) is 7.11 Å². The fourth-order valence-electron chi connectivity index (χ4n) is 3.03. The van der Waals surface area contributed by atoms with E-state index in [0.717, 1.165) is 59.1 Å². The highest BCUT2D eigenvalue weighted by Gasteiger charge is 2.10. The highest BCUT2D eigenvalue weighted by molar-refractivity contribution is 4.68. The molecule has 0 aromatic heterocycles. The van der Waals surface area contributed by atoms with Gasteiger partial charge in [0.2, 0.25) is 0 Å². The molecular formula is C18H41N5O. The molecule has 1 rings (SSSR count). The minimum absolute atomic E-state index is 0.598. The summed E-state index contributed by atoms with van der Waals surface area (Å²) >= 11 is 0. The summed E-state index contributed by atoms with van der Waals surface area (Å²) in [6, 6.07) is 0.598. The molecule has 0 radical (unpaired) electrons. The van der Waals surface area contributed by atoms with Gasteiger partial charge in [-0.1, -0.05) is 0 Å². The van der Waals surface area contributed by atoms with Crippen molar-refractivity contribution in [3.8, 4) is 0 Å². The van der Waals surface area contributed by atoms with Gasteiger partial charge in [-0.25, -0.2) is 0 Å². The van der Waals surface area contributed by atoms with E-state index in [9.17, 15) is 0 Å². The largest absolute Gasteiger partial charge is 0.369 e. The van der Waals surface area contributed by atoms with Crippen LogP contribution in [-0.4, -0.2) is 108 Å². The molecule has 24 heavy (non-hydrogen) atoms. The van der Waals surface area contributed by atoms with Crippen LogP contribution in [0.25, 0.3) is 0 Å². The lowest BCUT2D eigenvalue weighted by Gasteiger charge is -2.26. The van der Waals surface area contributed by atoms with Crippen molar-refractivity contribution in [2.24, 2.45) is 0 Å². The molecule has 0 bridgehead atoms. The summed E-state index contributed by atoms with van der Waals surface area (Å²) in [7, 11) is 6.25. The van der Waals surface area contributed by atoms with E-state index in [1.807, 2.05) is 0 Å². The Morgan fingerprint density at radius 3 is 2.42 bits per heavy atom. The number of rotatable bonds is 2. The first kappa shape index (κ1) is 21.8. The highest BCUT2D eigenvalue weighted by Crippen LogP contribution is 2.01. The molecule has 1 aliphatic heterocycles. The number of hydrogen-bond donors (Lipinski definition) is 2. The van der Waals surface area contributed by atoms with E-state index in [0.29, 0.717) is 6.04 Å². The molecule has 0 spiro atoms. The summed E-state index contributed by atoms with van der Waals surface area (Å²) in [6.07, 6.45) is 3.70. The third-order valence-corrected chi connectivity index (χ3v) is 4.91. The van der Waals surface area contributed by atoms with Crippen LogP contribution in [0.2, 0.25) is 0 Å². The third-order valence-electron chi connectivity index (χ3n) is 4.91. The molecule has 2 N–H and O–H groups in total. The average Bonchev–Trinajstić information content (AvgIpc) is 2.56. The summed E-state index contributed by atoms with van der Waals surface area (Å²) < 4.78 is 5.34. The molecule has 1 fully saturated rings. The lowest BCUT2D eigenvalue weighted by atomic mass is 10.2. The predicted molar refractivity (Wildman–Crippen MR) is 103 cm³/mol. The van der Waals surface area contributed by atoms with Gasteiger partial charge in [0.1, 0.15) is 0 Å². The molecule has 6 heteroatoms. The lowest BCUT2D eigenvalue weighted by Crippen LogP contribution is -2.40. The Kier molecular flexibility index (Phi) is 12.7. The van der Waals surface area contributed by atoms with Gasteiger partial charge in [-0.05, 0) is 59.9 Å². The summed E-state index contributed by atoms with van der Waals surface area (Å²) in [6.45, 7) is 13.0. The fourth-order valence-corrected chi connectivity index (χ4v) is 3.03. The maximum absolute atomic E-state index is 5.34. The van der Waals surface area contributed by atoms with Gasteiger partial charge in [0.05, 0.1) is 6.73 Å². The number of nitrogens with one attached hydrogen (secondary N) is 2. The van der Waals surface area contributed by atoms with Crippen LogP contribution in [0.3, 0.4) is 0 Å². The van der Waals surface area contributed by atoms with Crippen molar-refractivity contribution in [1.29, 1.82) is 0 Å². The normalized spacial score (nSPS) is 26.8. The van der Waals surface area contributed by atoms with E-state index in [1.165, 1.54) is 25.8 Å². The molecule has 144 valence electrons. The van der Waals surface area contributed by atoms with E-state index in [-0.39, 0.29) is 0 Å². The summed E-state index contributed by atoms with van der Waals surface area (Å²) in [5.41, 5.74) is 0. The molecule has 6 nitrogen and oxygen atoms in total. The SMILES string of the molecule is COCN1CCCCN(C)C(C)CNCCCN(C)CCNCC1. The van der Waals surface area contributed by atoms with E-state index < -0.39 is 0 Å². The third kappa shape index (κ3) is 10.6. The Labute approximate surface area is 149 Å². The van der Waals surface area contributed by atoms with Gasteiger partial charge < -0.3 is 25.2 Å². The molecule has 1 heterocycles. The van der Waals surface area contributed by atoms with Gasteiger partial charge in [-0.3, -0.25) is 4.90 Å². The molecule has 0 saturated carbocycles. The molecule has 0 aliphatic carbocycles. The Morgan fingerprint density at radius 2 is 1.62 bits per heavy atom. The van der Waals surface area contributed by atoms with Crippen molar-refractivity contribution in [3.63, 3.8) is 0 Å². The van der Waals surface area contributed by atoms with Crippen molar-refractivity contribution in [2.45, 2.75) is 32.2 Å². The summed E-state index contributed by atoms with van der Waals surface area (Å²) in [4.78, 5) is 7.30. The van der Waals surface area contributed by atoms with Gasteiger partial charge in [0, 0.05) is 52.4 Å². The number of hydrogen-bond acceptors (Lipinski definition) is 6. The Hall–Kier alpha value is -0.240.